The van der Waals surface area contributed by atoms with Gasteiger partial charge < -0.3 is 5.11 Å². The summed E-state index contributed by atoms with van der Waals surface area (Å²) in [5.41, 5.74) is 0.958. The summed E-state index contributed by atoms with van der Waals surface area (Å²) >= 11 is 0. The maximum Gasteiger partial charge on any atom is 0.474 e. The van der Waals surface area contributed by atoms with Gasteiger partial charge in [0.15, 0.2) is 5.78 Å². The third-order valence-electron chi connectivity index (χ3n) is 6.34. The number of carboxylic acid groups (broad SMARTS) is 1. The number of aliphatic carboxylic acids is 1. The van der Waals surface area contributed by atoms with Gasteiger partial charge in [0.25, 0.3) is 0 Å². The highest BCUT2D eigenvalue weighted by Gasteiger charge is 2.57. The van der Waals surface area contributed by atoms with Crippen LogP contribution < -0.4 is 0 Å². The molecule has 1 aromatic carbocycles. The van der Waals surface area contributed by atoms with Gasteiger partial charge in [-0.2, -0.15) is 0 Å². The van der Waals surface area contributed by atoms with Gasteiger partial charge >= 0.3 is 13.8 Å². The van der Waals surface area contributed by atoms with Gasteiger partial charge in [0.05, 0.1) is 37.7 Å². The summed E-state index contributed by atoms with van der Waals surface area (Å²) in [6, 6.07) is 8.24. The first kappa shape index (κ1) is 27.4. The van der Waals surface area contributed by atoms with Gasteiger partial charge in [0, 0.05) is 19.0 Å². The van der Waals surface area contributed by atoms with E-state index in [0.29, 0.717) is 25.8 Å². The van der Waals surface area contributed by atoms with E-state index in [1.165, 1.54) is 6.08 Å². The Balaban J connectivity index is 1.59. The lowest BCUT2D eigenvalue weighted by atomic mass is 9.82. The average molecular weight is 508 g/mol. The van der Waals surface area contributed by atoms with Crippen molar-refractivity contribution in [1.29, 1.82) is 0 Å². The van der Waals surface area contributed by atoms with E-state index in [2.05, 4.69) is 0 Å². The van der Waals surface area contributed by atoms with E-state index in [9.17, 15) is 24.1 Å². The molecule has 2 aliphatic heterocycles. The van der Waals surface area contributed by atoms with E-state index in [0.717, 1.165) is 5.56 Å². The Kier molecular flexibility index (Phi) is 9.95. The Morgan fingerprint density at radius 1 is 1.00 bits per heavy atom. The quantitative estimate of drug-likeness (QED) is 0.277. The second-order valence-electron chi connectivity index (χ2n) is 8.64. The molecular weight excluding hydrogens is 473 g/mol. The van der Waals surface area contributed by atoms with Gasteiger partial charge in [-0.1, -0.05) is 42.8 Å². The van der Waals surface area contributed by atoms with Crippen LogP contribution in [0.5, 0.6) is 0 Å². The number of unbranched alkanes of at least 4 members (excludes halogenated alkanes) is 2. The van der Waals surface area contributed by atoms with Crippen LogP contribution in [-0.4, -0.2) is 59.4 Å². The summed E-state index contributed by atoms with van der Waals surface area (Å²) in [5.74, 6) is -3.36. The van der Waals surface area contributed by atoms with E-state index < -0.39 is 37.7 Å². The van der Waals surface area contributed by atoms with E-state index in [-0.39, 0.29) is 37.8 Å². The molecule has 0 saturated carbocycles. The van der Waals surface area contributed by atoms with Crippen LogP contribution in [-0.2, 0) is 39.1 Å². The molecule has 35 heavy (non-hydrogen) atoms. The molecule has 2 bridgehead atoms. The van der Waals surface area contributed by atoms with Crippen molar-refractivity contribution in [3.63, 3.8) is 0 Å². The Morgan fingerprint density at radius 3 is 2.31 bits per heavy atom. The molecule has 0 aromatic heterocycles. The molecule has 0 radical (unpaired) electrons. The van der Waals surface area contributed by atoms with Gasteiger partial charge in [0.1, 0.15) is 5.78 Å². The average Bonchev–Trinajstić information content (AvgIpc) is 3.05. The number of benzene rings is 1. The Bertz CT molecular complexity index is 955. The van der Waals surface area contributed by atoms with Crippen molar-refractivity contribution >= 4 is 25.4 Å². The molecule has 0 amide bonds. The van der Waals surface area contributed by atoms with E-state index in [4.69, 9.17) is 13.6 Å². The molecule has 9 nitrogen and oxygen atoms in total. The topological polar surface area (TPSA) is 119 Å². The predicted octanol–water partition coefficient (Wildman–Crippen LogP) is 4.02. The number of phosphoric ester groups is 1. The number of fused-ring (bicyclic) bond motifs is 2. The van der Waals surface area contributed by atoms with E-state index in [1.54, 1.807) is 19.9 Å². The van der Waals surface area contributed by atoms with Crippen LogP contribution in [0, 0.1) is 11.8 Å². The Labute approximate surface area is 206 Å². The fourth-order valence-corrected chi connectivity index (χ4v) is 6.10. The maximum absolute atomic E-state index is 13.2. The van der Waals surface area contributed by atoms with Crippen molar-refractivity contribution in [3.8, 4) is 0 Å². The molecular formula is C25H34NO8P. The van der Waals surface area contributed by atoms with Crippen LogP contribution in [0.25, 0.3) is 0 Å². The van der Waals surface area contributed by atoms with Crippen LogP contribution in [0.3, 0.4) is 0 Å². The van der Waals surface area contributed by atoms with Crippen LogP contribution in [0.2, 0.25) is 0 Å². The van der Waals surface area contributed by atoms with Crippen molar-refractivity contribution in [2.75, 3.05) is 19.8 Å². The lowest BCUT2D eigenvalue weighted by Gasteiger charge is -2.31. The molecule has 0 aliphatic carbocycles. The first-order chi connectivity index (χ1) is 16.8. The number of carbonyl (C=O) groups is 3. The molecule has 2 aliphatic rings. The monoisotopic (exact) mass is 507 g/mol. The number of carboxylic acids is 1. The standard InChI is InChI=1S/C25H34NO8P/c1-3-32-35(31,33-4-2)34-16-10-6-9-13-20(27)23-22(25(29)30)19-14-15-21(28)24(23)26(19)17-18-11-7-5-8-12-18/h5,7-8,11-12,14-15,19,22-24H,3-4,6,9-10,13,16-17H2,1-2H3,(H,29,30)/t19-,22?,23?,24+/m1/s1. The summed E-state index contributed by atoms with van der Waals surface area (Å²) in [7, 11) is -3.56. The molecule has 4 atom stereocenters. The highest BCUT2D eigenvalue weighted by atomic mass is 31.2. The SMILES string of the molecule is CCOP(=O)(OCC)OCCCCCC(=O)C1C(C(=O)O)[C@H]2C=CC(=O)[C@@H]1N2Cc1ccccc1. The third-order valence-corrected chi connectivity index (χ3v) is 7.99. The summed E-state index contributed by atoms with van der Waals surface area (Å²) in [6.07, 6.45) is 4.88. The van der Waals surface area contributed by atoms with E-state index >= 15 is 0 Å². The largest absolute Gasteiger partial charge is 0.481 e. The lowest BCUT2D eigenvalue weighted by molar-refractivity contribution is -0.146. The summed E-state index contributed by atoms with van der Waals surface area (Å²) in [4.78, 5) is 40.1. The number of hydrogen-bond donors (Lipinski definition) is 1. The number of ketones is 2. The molecule has 1 N–H and O–H groups in total. The molecule has 1 aromatic rings. The Hall–Kier alpha value is -2.16. The minimum Gasteiger partial charge on any atom is -0.481 e. The number of nitrogens with zero attached hydrogens (tertiary/aromatic N) is 1. The minimum atomic E-state index is -3.56. The highest BCUT2D eigenvalue weighted by molar-refractivity contribution is 7.48. The van der Waals surface area contributed by atoms with Crippen LogP contribution >= 0.6 is 7.82 Å². The van der Waals surface area contributed by atoms with Gasteiger partial charge in [-0.3, -0.25) is 32.9 Å². The first-order valence-electron chi connectivity index (χ1n) is 12.1. The lowest BCUT2D eigenvalue weighted by Crippen LogP contribution is -2.45. The highest BCUT2D eigenvalue weighted by Crippen LogP contribution is 2.49. The number of hydrogen-bond acceptors (Lipinski definition) is 8. The molecule has 192 valence electrons. The van der Waals surface area contributed by atoms with E-state index in [1.807, 2.05) is 35.2 Å². The molecule has 0 spiro atoms. The Morgan fingerprint density at radius 2 is 1.69 bits per heavy atom. The first-order valence-corrected chi connectivity index (χ1v) is 13.6. The van der Waals surface area contributed by atoms with Crippen molar-refractivity contribution in [1.82, 2.24) is 4.90 Å². The van der Waals surface area contributed by atoms with Crippen molar-refractivity contribution in [3.05, 3.63) is 48.0 Å². The van der Waals surface area contributed by atoms with Crippen LogP contribution in [0.1, 0.15) is 45.1 Å². The van der Waals surface area contributed by atoms with Crippen LogP contribution in [0.4, 0.5) is 0 Å². The smallest absolute Gasteiger partial charge is 0.474 e. The van der Waals surface area contributed by atoms with Crippen LogP contribution in [0.15, 0.2) is 42.5 Å². The second-order valence-corrected chi connectivity index (χ2v) is 10.3. The van der Waals surface area contributed by atoms with Crippen molar-refractivity contribution < 1.29 is 37.6 Å². The summed E-state index contributed by atoms with van der Waals surface area (Å²) in [5, 5.41) is 9.96. The molecule has 3 rings (SSSR count). The fourth-order valence-electron chi connectivity index (χ4n) is 4.89. The number of carbonyl (C=O) groups excluding carboxylic acids is 2. The zero-order valence-electron chi connectivity index (χ0n) is 20.2. The van der Waals surface area contributed by atoms with Crippen molar-refractivity contribution in [2.45, 2.75) is 58.2 Å². The zero-order chi connectivity index (χ0) is 25.4. The predicted molar refractivity (Wildman–Crippen MR) is 129 cm³/mol. The second kappa shape index (κ2) is 12.7. The normalized spacial score (nSPS) is 24.1. The molecule has 2 heterocycles. The number of phosphoric acid groups is 1. The minimum absolute atomic E-state index is 0.157. The fraction of sp³-hybridized carbons (Fsp3) is 0.560. The van der Waals surface area contributed by atoms with Gasteiger partial charge in [-0.25, -0.2) is 4.57 Å². The number of Topliss-reactive ketones (excluding diaryl/α,β-unsaturated/α-hetero) is 1. The van der Waals surface area contributed by atoms with Gasteiger partial charge in [0.2, 0.25) is 0 Å². The van der Waals surface area contributed by atoms with Gasteiger partial charge in [-0.05, 0) is 38.3 Å². The number of rotatable bonds is 15. The molecule has 2 unspecified atom stereocenters. The molecule has 1 saturated heterocycles. The molecule has 10 heteroatoms. The van der Waals surface area contributed by atoms with Crippen molar-refractivity contribution in [2.24, 2.45) is 11.8 Å². The summed E-state index contributed by atoms with van der Waals surface area (Å²) in [6.45, 7) is 4.36. The van der Waals surface area contributed by atoms with Gasteiger partial charge in [-0.15, -0.1) is 0 Å². The molecule has 1 fully saturated rings. The summed E-state index contributed by atoms with van der Waals surface area (Å²) < 4.78 is 27.8. The third kappa shape index (κ3) is 6.74. The maximum atomic E-state index is 13.2. The zero-order valence-corrected chi connectivity index (χ0v) is 21.1.